The third-order valence-electron chi connectivity index (χ3n) is 2.52. The maximum atomic E-state index is 11.6. The molecule has 0 unspecified atom stereocenters. The van der Waals surface area contributed by atoms with E-state index in [0.29, 0.717) is 25.8 Å². The van der Waals surface area contributed by atoms with E-state index in [1.807, 2.05) is 0 Å². The lowest BCUT2D eigenvalue weighted by molar-refractivity contribution is -0.137. The summed E-state index contributed by atoms with van der Waals surface area (Å²) in [7, 11) is -3.46. The van der Waals surface area contributed by atoms with E-state index in [0.717, 1.165) is 6.26 Å². The molecule has 0 bridgehead atoms. The highest BCUT2D eigenvalue weighted by Crippen LogP contribution is 2.13. The Labute approximate surface area is 116 Å². The molecule has 0 aliphatic heterocycles. The molecule has 1 amide bonds. The molecule has 7 nitrogen and oxygen atoms in total. The number of hydrogen-bond donors (Lipinski definition) is 2. The largest absolute Gasteiger partial charge is 0.481 e. The van der Waals surface area contributed by atoms with Gasteiger partial charge < -0.3 is 14.8 Å². The number of aliphatic carboxylic acids is 1. The Hall–Kier alpha value is -1.83. The topological polar surface area (TPSA) is 114 Å². The predicted octanol–water partition coefficient (Wildman–Crippen LogP) is 1.06. The maximum Gasteiger partial charge on any atom is 0.303 e. The normalized spacial score (nSPS) is 11.2. The molecule has 0 aliphatic carbocycles. The van der Waals surface area contributed by atoms with Crippen LogP contribution in [-0.4, -0.2) is 38.2 Å². The lowest BCUT2D eigenvalue weighted by atomic mass is 10.2. The number of carbonyl (C=O) groups is 2. The Kier molecular flexibility index (Phi) is 5.75. The Morgan fingerprint density at radius 1 is 1.25 bits per heavy atom. The Morgan fingerprint density at radius 3 is 2.50 bits per heavy atom. The van der Waals surface area contributed by atoms with Gasteiger partial charge in [0.1, 0.15) is 0 Å². The summed E-state index contributed by atoms with van der Waals surface area (Å²) in [5, 5.41) is 10.8. The summed E-state index contributed by atoms with van der Waals surface area (Å²) in [6.45, 7) is 0.382. The first-order valence-corrected chi connectivity index (χ1v) is 8.00. The number of hydrogen-bond acceptors (Lipinski definition) is 5. The molecule has 0 saturated heterocycles. The van der Waals surface area contributed by atoms with E-state index < -0.39 is 21.7 Å². The van der Waals surface area contributed by atoms with Gasteiger partial charge in [-0.05, 0) is 25.0 Å². The van der Waals surface area contributed by atoms with Crippen LogP contribution in [0.4, 0.5) is 0 Å². The van der Waals surface area contributed by atoms with Crippen LogP contribution in [0.25, 0.3) is 0 Å². The first-order valence-electron chi connectivity index (χ1n) is 6.10. The van der Waals surface area contributed by atoms with Gasteiger partial charge in [0.05, 0.1) is 0 Å². The highest BCUT2D eigenvalue weighted by molar-refractivity contribution is 7.90. The number of rotatable bonds is 8. The van der Waals surface area contributed by atoms with Crippen molar-refractivity contribution in [3.05, 3.63) is 17.9 Å². The van der Waals surface area contributed by atoms with E-state index in [9.17, 15) is 18.0 Å². The number of furan rings is 1. The molecular weight excluding hydrogens is 286 g/mol. The first-order chi connectivity index (χ1) is 9.30. The third-order valence-corrected chi connectivity index (χ3v) is 3.47. The Morgan fingerprint density at radius 2 is 1.95 bits per heavy atom. The number of sulfone groups is 1. The number of amides is 1. The van der Waals surface area contributed by atoms with Gasteiger partial charge in [-0.15, -0.1) is 0 Å². The Bertz CT molecular complexity index is 575. The fraction of sp³-hybridized carbons (Fsp3) is 0.500. The number of carboxylic acid groups (broad SMARTS) is 1. The van der Waals surface area contributed by atoms with Crippen molar-refractivity contribution in [3.63, 3.8) is 0 Å². The molecule has 0 aliphatic rings. The van der Waals surface area contributed by atoms with E-state index in [1.165, 1.54) is 12.1 Å². The van der Waals surface area contributed by atoms with E-state index in [-0.39, 0.29) is 17.3 Å². The minimum absolute atomic E-state index is 0.0593. The monoisotopic (exact) mass is 303 g/mol. The zero-order valence-electron chi connectivity index (χ0n) is 11.1. The van der Waals surface area contributed by atoms with Crippen molar-refractivity contribution in [1.82, 2.24) is 5.32 Å². The van der Waals surface area contributed by atoms with Crippen LogP contribution in [0.1, 0.15) is 36.2 Å². The summed E-state index contributed by atoms with van der Waals surface area (Å²) >= 11 is 0. The second-order valence-corrected chi connectivity index (χ2v) is 6.30. The lowest BCUT2D eigenvalue weighted by Gasteiger charge is -2.02. The number of nitrogens with one attached hydrogen (secondary N) is 1. The summed E-state index contributed by atoms with van der Waals surface area (Å²) in [5.41, 5.74) is 0. The Balaban J connectivity index is 2.33. The fourth-order valence-electron chi connectivity index (χ4n) is 1.51. The molecule has 1 rings (SSSR count). The molecule has 0 fully saturated rings. The van der Waals surface area contributed by atoms with E-state index >= 15 is 0 Å². The van der Waals surface area contributed by atoms with Crippen molar-refractivity contribution < 1.29 is 27.5 Å². The maximum absolute atomic E-state index is 11.6. The van der Waals surface area contributed by atoms with Crippen molar-refractivity contribution in [2.24, 2.45) is 0 Å². The fourth-order valence-corrected chi connectivity index (χ4v) is 2.06. The molecule has 0 saturated carbocycles. The van der Waals surface area contributed by atoms with Gasteiger partial charge in [-0.25, -0.2) is 8.42 Å². The van der Waals surface area contributed by atoms with Crippen molar-refractivity contribution in [3.8, 4) is 0 Å². The summed E-state index contributed by atoms with van der Waals surface area (Å²) in [4.78, 5) is 21.9. The average molecular weight is 303 g/mol. The zero-order chi connectivity index (χ0) is 15.2. The zero-order valence-corrected chi connectivity index (χ0v) is 11.9. The third kappa shape index (κ3) is 5.43. The predicted molar refractivity (Wildman–Crippen MR) is 70.3 cm³/mol. The second-order valence-electron chi connectivity index (χ2n) is 4.35. The van der Waals surface area contributed by atoms with Gasteiger partial charge >= 0.3 is 5.97 Å². The van der Waals surface area contributed by atoms with Crippen LogP contribution in [0, 0.1) is 0 Å². The molecule has 0 aromatic carbocycles. The molecule has 1 aromatic rings. The number of carboxylic acids is 1. The van der Waals surface area contributed by atoms with Crippen LogP contribution in [0.15, 0.2) is 21.6 Å². The van der Waals surface area contributed by atoms with E-state index in [4.69, 9.17) is 9.52 Å². The highest BCUT2D eigenvalue weighted by atomic mass is 32.2. The quantitative estimate of drug-likeness (QED) is 0.694. The molecule has 1 heterocycles. The van der Waals surface area contributed by atoms with Gasteiger partial charge in [0.25, 0.3) is 5.91 Å². The van der Waals surface area contributed by atoms with Crippen LogP contribution in [0.3, 0.4) is 0 Å². The number of unbranched alkanes of at least 4 members (excludes halogenated alkanes) is 2. The molecule has 2 N–H and O–H groups in total. The van der Waals surface area contributed by atoms with Crippen LogP contribution in [0.2, 0.25) is 0 Å². The van der Waals surface area contributed by atoms with Crippen molar-refractivity contribution >= 4 is 21.7 Å². The van der Waals surface area contributed by atoms with E-state index in [2.05, 4.69) is 5.32 Å². The second kappa shape index (κ2) is 7.09. The van der Waals surface area contributed by atoms with Gasteiger partial charge in [0.15, 0.2) is 5.76 Å². The minimum atomic E-state index is -3.46. The first kappa shape index (κ1) is 16.2. The van der Waals surface area contributed by atoms with Crippen molar-refractivity contribution in [2.45, 2.75) is 30.8 Å². The molecule has 8 heteroatoms. The molecular formula is C12H17NO6S. The summed E-state index contributed by atoms with van der Waals surface area (Å²) in [6, 6.07) is 2.53. The standard InChI is InChI=1S/C12H17NO6S/c1-20(17,18)11-7-6-9(19-11)12(16)13-8-4-2-3-5-10(14)15/h6-7H,2-5,8H2,1H3,(H,13,16)(H,14,15). The van der Waals surface area contributed by atoms with E-state index in [1.54, 1.807) is 0 Å². The van der Waals surface area contributed by atoms with Gasteiger partial charge in [-0.1, -0.05) is 6.42 Å². The SMILES string of the molecule is CS(=O)(=O)c1ccc(C(=O)NCCCCCC(=O)O)o1. The van der Waals surface area contributed by atoms with Gasteiger partial charge in [0, 0.05) is 19.2 Å². The summed E-state index contributed by atoms with van der Waals surface area (Å²) < 4.78 is 27.3. The molecule has 112 valence electrons. The molecule has 0 radical (unpaired) electrons. The molecule has 0 spiro atoms. The van der Waals surface area contributed by atoms with Crippen molar-refractivity contribution in [1.29, 1.82) is 0 Å². The van der Waals surface area contributed by atoms with Crippen molar-refractivity contribution in [2.75, 3.05) is 12.8 Å². The van der Waals surface area contributed by atoms with Crippen LogP contribution in [-0.2, 0) is 14.6 Å². The van der Waals surface area contributed by atoms with Crippen LogP contribution >= 0.6 is 0 Å². The van der Waals surface area contributed by atoms with Gasteiger partial charge in [-0.3, -0.25) is 9.59 Å². The van der Waals surface area contributed by atoms with Crippen LogP contribution < -0.4 is 5.32 Å². The molecule has 0 atom stereocenters. The summed E-state index contributed by atoms with van der Waals surface area (Å²) in [6.07, 6.45) is 3.02. The van der Waals surface area contributed by atoms with Gasteiger partial charge in [0.2, 0.25) is 14.9 Å². The lowest BCUT2D eigenvalue weighted by Crippen LogP contribution is -2.23. The molecule has 20 heavy (non-hydrogen) atoms. The van der Waals surface area contributed by atoms with Crippen LogP contribution in [0.5, 0.6) is 0 Å². The smallest absolute Gasteiger partial charge is 0.303 e. The number of carbonyl (C=O) groups excluding carboxylic acids is 1. The molecule has 1 aromatic heterocycles. The highest BCUT2D eigenvalue weighted by Gasteiger charge is 2.16. The van der Waals surface area contributed by atoms with Gasteiger partial charge in [-0.2, -0.15) is 0 Å². The summed E-state index contributed by atoms with van der Waals surface area (Å²) in [5.74, 6) is -1.38. The average Bonchev–Trinajstić information content (AvgIpc) is 2.82. The minimum Gasteiger partial charge on any atom is -0.481 e.